The molecule has 0 atom stereocenters. The average Bonchev–Trinajstić information content (AvgIpc) is 3.28. The molecule has 3 aromatic rings. The average molecular weight is 409 g/mol. The second-order valence-electron chi connectivity index (χ2n) is 7.14. The van der Waals surface area contributed by atoms with Crippen LogP contribution in [0.15, 0.2) is 78.2 Å². The summed E-state index contributed by atoms with van der Waals surface area (Å²) in [5.74, 6) is 0. The normalized spacial score (nSPS) is 15.0. The van der Waals surface area contributed by atoms with E-state index in [4.69, 9.17) is 12.2 Å². The molecule has 2 heterocycles. The molecule has 0 aliphatic carbocycles. The molecule has 5 heteroatoms. The number of hydrogen-bond donors (Lipinski definition) is 2. The first kappa shape index (κ1) is 19.1. The van der Waals surface area contributed by atoms with E-state index < -0.39 is 0 Å². The summed E-state index contributed by atoms with van der Waals surface area (Å²) in [6, 6.07) is 26.4. The fourth-order valence-corrected chi connectivity index (χ4v) is 4.83. The first-order chi connectivity index (χ1) is 13.8. The highest BCUT2D eigenvalue weighted by Gasteiger charge is 2.30. The highest BCUT2D eigenvalue weighted by molar-refractivity contribution is 7.80. The van der Waals surface area contributed by atoms with Crippen LogP contribution in [0, 0.1) is 0 Å². The third-order valence-electron chi connectivity index (χ3n) is 5.36. The van der Waals surface area contributed by atoms with E-state index in [9.17, 15) is 0 Å². The molecular weight excluding hydrogens is 382 g/mol. The summed E-state index contributed by atoms with van der Waals surface area (Å²) in [7, 11) is 0. The van der Waals surface area contributed by atoms with Crippen molar-refractivity contribution in [3.05, 3.63) is 94.2 Å². The summed E-state index contributed by atoms with van der Waals surface area (Å²) in [4.78, 5) is 5.24. The number of piperazine rings is 1. The fourth-order valence-electron chi connectivity index (χ4n) is 3.93. The topological polar surface area (TPSA) is 19.7 Å². The molecule has 28 heavy (non-hydrogen) atoms. The van der Waals surface area contributed by atoms with Gasteiger partial charge >= 0.3 is 0 Å². The van der Waals surface area contributed by atoms with Gasteiger partial charge in [-0.2, -0.15) is 0 Å². The van der Waals surface area contributed by atoms with Crippen LogP contribution in [0.5, 0.6) is 0 Å². The molecule has 0 radical (unpaired) electrons. The third kappa shape index (κ3) is 4.61. The van der Waals surface area contributed by atoms with Crippen LogP contribution in [-0.2, 0) is 6.54 Å². The Balaban J connectivity index is 1.41. The standard InChI is InChI=1S/C23H25N3S2/c27-23(24-18-21-12-7-17-28-21)26-15-13-25(14-16-26)22(19-8-3-1-4-9-19)20-10-5-2-6-11-20/h1-12,17,22H,13-16,18H2,(H,24,27)/p+1. The number of benzene rings is 2. The van der Waals surface area contributed by atoms with Crippen molar-refractivity contribution in [1.29, 1.82) is 0 Å². The van der Waals surface area contributed by atoms with E-state index in [1.165, 1.54) is 16.0 Å². The molecule has 0 bridgehead atoms. The van der Waals surface area contributed by atoms with Crippen molar-refractivity contribution < 1.29 is 4.90 Å². The predicted molar refractivity (Wildman–Crippen MR) is 121 cm³/mol. The Morgan fingerprint density at radius 1 is 0.929 bits per heavy atom. The van der Waals surface area contributed by atoms with Crippen LogP contribution < -0.4 is 10.2 Å². The minimum Gasteiger partial charge on any atom is -0.358 e. The van der Waals surface area contributed by atoms with Gasteiger partial charge in [0, 0.05) is 16.0 Å². The molecule has 144 valence electrons. The van der Waals surface area contributed by atoms with E-state index in [-0.39, 0.29) is 0 Å². The SMILES string of the molecule is S=C(NCc1cccs1)N1CC[NH+](C(c2ccccc2)c2ccccc2)CC1. The molecule has 1 fully saturated rings. The second kappa shape index (κ2) is 9.32. The molecule has 1 aromatic heterocycles. The predicted octanol–water partition coefficient (Wildman–Crippen LogP) is 3.11. The van der Waals surface area contributed by atoms with Gasteiger partial charge in [-0.1, -0.05) is 66.7 Å². The maximum atomic E-state index is 5.65. The molecular formula is C23H26N3S2+. The van der Waals surface area contributed by atoms with E-state index >= 15 is 0 Å². The molecule has 2 N–H and O–H groups in total. The quantitative estimate of drug-likeness (QED) is 0.633. The smallest absolute Gasteiger partial charge is 0.169 e. The van der Waals surface area contributed by atoms with Crippen LogP contribution in [0.25, 0.3) is 0 Å². The number of thiophene rings is 1. The number of rotatable bonds is 5. The molecule has 4 rings (SSSR count). The van der Waals surface area contributed by atoms with E-state index in [1.807, 2.05) is 0 Å². The lowest BCUT2D eigenvalue weighted by Crippen LogP contribution is -3.15. The summed E-state index contributed by atoms with van der Waals surface area (Å²) in [6.45, 7) is 4.95. The molecule has 0 unspecified atom stereocenters. The maximum Gasteiger partial charge on any atom is 0.169 e. The molecule has 2 aromatic carbocycles. The summed E-state index contributed by atoms with van der Waals surface area (Å²) < 4.78 is 0. The fraction of sp³-hybridized carbons (Fsp3) is 0.261. The van der Waals surface area contributed by atoms with Crippen LogP contribution in [0.4, 0.5) is 0 Å². The van der Waals surface area contributed by atoms with E-state index in [0.717, 1.165) is 37.8 Å². The zero-order valence-corrected chi connectivity index (χ0v) is 17.5. The number of thiocarbonyl (C=S) groups is 1. The van der Waals surface area contributed by atoms with Crippen LogP contribution >= 0.6 is 23.6 Å². The lowest BCUT2D eigenvalue weighted by molar-refractivity contribution is -0.929. The van der Waals surface area contributed by atoms with Crippen LogP contribution in [-0.4, -0.2) is 36.2 Å². The molecule has 3 nitrogen and oxygen atoms in total. The van der Waals surface area contributed by atoms with Crippen molar-refractivity contribution in [2.75, 3.05) is 26.2 Å². The monoisotopic (exact) mass is 408 g/mol. The Bertz CT molecular complexity index is 818. The van der Waals surface area contributed by atoms with Gasteiger partial charge in [-0.25, -0.2) is 0 Å². The van der Waals surface area contributed by atoms with Gasteiger partial charge in [0.15, 0.2) is 5.11 Å². The second-order valence-corrected chi connectivity index (χ2v) is 8.56. The molecule has 0 saturated carbocycles. The Morgan fingerprint density at radius 3 is 2.07 bits per heavy atom. The van der Waals surface area contributed by atoms with Gasteiger partial charge in [0.2, 0.25) is 0 Å². The van der Waals surface area contributed by atoms with E-state index in [0.29, 0.717) is 6.04 Å². The lowest BCUT2D eigenvalue weighted by Gasteiger charge is -2.38. The van der Waals surface area contributed by atoms with Crippen LogP contribution in [0.3, 0.4) is 0 Å². The zero-order chi connectivity index (χ0) is 19.2. The van der Waals surface area contributed by atoms with Crippen molar-refractivity contribution in [2.24, 2.45) is 0 Å². The van der Waals surface area contributed by atoms with Crippen molar-refractivity contribution in [3.63, 3.8) is 0 Å². The summed E-state index contributed by atoms with van der Waals surface area (Å²) in [5.41, 5.74) is 2.77. The van der Waals surface area contributed by atoms with Gasteiger partial charge in [-0.15, -0.1) is 11.3 Å². The van der Waals surface area contributed by atoms with Gasteiger partial charge in [-0.05, 0) is 23.7 Å². The largest absolute Gasteiger partial charge is 0.358 e. The molecule has 0 amide bonds. The van der Waals surface area contributed by atoms with Gasteiger partial charge in [0.1, 0.15) is 6.04 Å². The van der Waals surface area contributed by atoms with E-state index in [2.05, 4.69) is 88.4 Å². The van der Waals surface area contributed by atoms with Crippen molar-refractivity contribution >= 4 is 28.7 Å². The molecule has 1 aliphatic rings. The van der Waals surface area contributed by atoms with Crippen LogP contribution in [0.2, 0.25) is 0 Å². The van der Waals surface area contributed by atoms with Crippen molar-refractivity contribution in [2.45, 2.75) is 12.6 Å². The minimum absolute atomic E-state index is 0.372. The summed E-state index contributed by atoms with van der Waals surface area (Å²) >= 11 is 7.41. The first-order valence-corrected chi connectivity index (χ1v) is 11.1. The molecule has 1 aliphatic heterocycles. The molecule has 1 saturated heterocycles. The highest BCUT2D eigenvalue weighted by atomic mass is 32.1. The Hall–Kier alpha value is -2.21. The number of nitrogens with zero attached hydrogens (tertiary/aromatic N) is 1. The Morgan fingerprint density at radius 2 is 1.54 bits per heavy atom. The number of hydrogen-bond acceptors (Lipinski definition) is 2. The first-order valence-electron chi connectivity index (χ1n) is 9.81. The van der Waals surface area contributed by atoms with Crippen LogP contribution in [0.1, 0.15) is 22.0 Å². The highest BCUT2D eigenvalue weighted by Crippen LogP contribution is 2.19. The molecule has 0 spiro atoms. The lowest BCUT2D eigenvalue weighted by atomic mass is 9.96. The van der Waals surface area contributed by atoms with Gasteiger partial charge in [0.05, 0.1) is 32.7 Å². The van der Waals surface area contributed by atoms with Crippen molar-refractivity contribution in [1.82, 2.24) is 10.2 Å². The number of quaternary nitrogens is 1. The third-order valence-corrected chi connectivity index (χ3v) is 6.64. The summed E-state index contributed by atoms with van der Waals surface area (Å²) in [6.07, 6.45) is 0. The minimum atomic E-state index is 0.372. The van der Waals surface area contributed by atoms with E-state index in [1.54, 1.807) is 16.2 Å². The van der Waals surface area contributed by atoms with Crippen molar-refractivity contribution in [3.8, 4) is 0 Å². The Labute approximate surface area is 176 Å². The van der Waals surface area contributed by atoms with Gasteiger partial charge < -0.3 is 15.1 Å². The van der Waals surface area contributed by atoms with Gasteiger partial charge in [-0.3, -0.25) is 0 Å². The van der Waals surface area contributed by atoms with Gasteiger partial charge in [0.25, 0.3) is 0 Å². The summed E-state index contributed by atoms with van der Waals surface area (Å²) in [5, 5.41) is 6.41. The number of nitrogens with one attached hydrogen (secondary N) is 2. The zero-order valence-electron chi connectivity index (χ0n) is 15.9. The maximum absolute atomic E-state index is 5.65. The Kier molecular flexibility index (Phi) is 6.37.